The third kappa shape index (κ3) is 5.95. The van der Waals surface area contributed by atoms with Gasteiger partial charge < -0.3 is 20.0 Å². The maximum absolute atomic E-state index is 12.3. The SMILES string of the molecule is CC(C)COc1ccc(C(=O)NC(Cc2ccccc2)C(=O)[O-])cc1. The smallest absolute Gasteiger partial charge is 0.251 e. The number of carbonyl (C=O) groups is 2. The molecule has 2 aromatic carbocycles. The standard InChI is InChI=1S/C20H23NO4/c1-14(2)13-25-17-10-8-16(9-11-17)19(22)21-18(20(23)24)12-15-6-4-3-5-7-15/h3-11,14,18H,12-13H2,1-2H3,(H,21,22)(H,23,24)/p-1. The molecule has 25 heavy (non-hydrogen) atoms. The number of nitrogens with one attached hydrogen (secondary N) is 1. The van der Waals surface area contributed by atoms with E-state index in [1.54, 1.807) is 24.3 Å². The summed E-state index contributed by atoms with van der Waals surface area (Å²) in [6.45, 7) is 4.69. The van der Waals surface area contributed by atoms with Gasteiger partial charge in [-0.3, -0.25) is 4.79 Å². The number of carboxylic acids is 1. The second kappa shape index (κ2) is 8.87. The molecule has 0 heterocycles. The van der Waals surface area contributed by atoms with Gasteiger partial charge in [0.1, 0.15) is 5.75 Å². The van der Waals surface area contributed by atoms with Crippen molar-refractivity contribution < 1.29 is 19.4 Å². The largest absolute Gasteiger partial charge is 0.548 e. The van der Waals surface area contributed by atoms with Crippen molar-refractivity contribution in [3.05, 3.63) is 65.7 Å². The third-order valence-corrected chi connectivity index (χ3v) is 3.57. The molecule has 0 aliphatic carbocycles. The number of hydrogen-bond acceptors (Lipinski definition) is 4. The minimum absolute atomic E-state index is 0.171. The summed E-state index contributed by atoms with van der Waals surface area (Å²) in [4.78, 5) is 23.6. The van der Waals surface area contributed by atoms with Crippen LogP contribution in [0.1, 0.15) is 29.8 Å². The van der Waals surface area contributed by atoms with E-state index in [4.69, 9.17) is 4.74 Å². The summed E-state index contributed by atoms with van der Waals surface area (Å²) in [6.07, 6.45) is 0.171. The molecular formula is C20H22NO4-. The predicted octanol–water partition coefficient (Wildman–Crippen LogP) is 1.81. The number of hydrogen-bond donors (Lipinski definition) is 1. The van der Waals surface area contributed by atoms with Crippen LogP contribution in [0.5, 0.6) is 5.75 Å². The molecular weight excluding hydrogens is 318 g/mol. The lowest BCUT2D eigenvalue weighted by molar-refractivity contribution is -0.308. The average Bonchev–Trinajstić information content (AvgIpc) is 2.60. The van der Waals surface area contributed by atoms with Gasteiger partial charge in [0.15, 0.2) is 0 Å². The summed E-state index contributed by atoms with van der Waals surface area (Å²) in [5.74, 6) is -0.689. The lowest BCUT2D eigenvalue weighted by atomic mass is 10.1. The van der Waals surface area contributed by atoms with Crippen LogP contribution in [0.2, 0.25) is 0 Å². The molecule has 132 valence electrons. The van der Waals surface area contributed by atoms with Crippen molar-refractivity contribution in [2.75, 3.05) is 6.61 Å². The van der Waals surface area contributed by atoms with Gasteiger partial charge in [0, 0.05) is 5.56 Å². The Morgan fingerprint density at radius 1 is 1.04 bits per heavy atom. The summed E-state index contributed by atoms with van der Waals surface area (Å²) >= 11 is 0. The van der Waals surface area contributed by atoms with Crippen molar-refractivity contribution in [3.8, 4) is 5.75 Å². The molecule has 0 radical (unpaired) electrons. The zero-order valence-electron chi connectivity index (χ0n) is 14.4. The highest BCUT2D eigenvalue weighted by Gasteiger charge is 2.15. The number of carboxylic acid groups (broad SMARTS) is 1. The first kappa shape index (κ1) is 18.5. The van der Waals surface area contributed by atoms with Gasteiger partial charge in [0.2, 0.25) is 0 Å². The van der Waals surface area contributed by atoms with Gasteiger partial charge in [0.25, 0.3) is 5.91 Å². The number of aliphatic carboxylic acids is 1. The average molecular weight is 340 g/mol. The highest BCUT2D eigenvalue weighted by molar-refractivity contribution is 5.96. The summed E-state index contributed by atoms with van der Waals surface area (Å²) in [7, 11) is 0. The van der Waals surface area contributed by atoms with Crippen molar-refractivity contribution in [2.24, 2.45) is 5.92 Å². The Hall–Kier alpha value is -2.82. The van der Waals surface area contributed by atoms with E-state index in [9.17, 15) is 14.7 Å². The van der Waals surface area contributed by atoms with Gasteiger partial charge in [-0.1, -0.05) is 44.2 Å². The van der Waals surface area contributed by atoms with E-state index in [0.717, 1.165) is 5.56 Å². The van der Waals surface area contributed by atoms with Crippen molar-refractivity contribution >= 4 is 11.9 Å². The van der Waals surface area contributed by atoms with E-state index >= 15 is 0 Å². The van der Waals surface area contributed by atoms with Crippen LogP contribution >= 0.6 is 0 Å². The zero-order valence-corrected chi connectivity index (χ0v) is 14.4. The molecule has 0 bridgehead atoms. The third-order valence-electron chi connectivity index (χ3n) is 3.57. The Bertz CT molecular complexity index is 695. The van der Waals surface area contributed by atoms with Crippen LogP contribution in [0.25, 0.3) is 0 Å². The lowest BCUT2D eigenvalue weighted by Crippen LogP contribution is -2.49. The molecule has 5 nitrogen and oxygen atoms in total. The lowest BCUT2D eigenvalue weighted by Gasteiger charge is -2.20. The Balaban J connectivity index is 1.99. The summed E-state index contributed by atoms with van der Waals surface area (Å²) in [5.41, 5.74) is 1.19. The second-order valence-corrected chi connectivity index (χ2v) is 6.26. The van der Waals surface area contributed by atoms with Crippen molar-refractivity contribution in [2.45, 2.75) is 26.3 Å². The maximum atomic E-state index is 12.3. The van der Waals surface area contributed by atoms with Gasteiger partial charge in [0.05, 0.1) is 18.6 Å². The molecule has 1 N–H and O–H groups in total. The summed E-state index contributed by atoms with van der Waals surface area (Å²) in [5, 5.41) is 13.8. The van der Waals surface area contributed by atoms with Crippen molar-refractivity contribution in [3.63, 3.8) is 0 Å². The predicted molar refractivity (Wildman–Crippen MR) is 93.2 cm³/mol. The molecule has 1 atom stereocenters. The molecule has 0 fully saturated rings. The maximum Gasteiger partial charge on any atom is 0.251 e. The van der Waals surface area contributed by atoms with Gasteiger partial charge in [-0.25, -0.2) is 0 Å². The minimum Gasteiger partial charge on any atom is -0.548 e. The molecule has 0 saturated carbocycles. The number of ether oxygens (including phenoxy) is 1. The molecule has 2 aromatic rings. The van der Waals surface area contributed by atoms with E-state index in [-0.39, 0.29) is 6.42 Å². The molecule has 0 spiro atoms. The summed E-state index contributed by atoms with van der Waals surface area (Å²) < 4.78 is 5.56. The van der Waals surface area contributed by atoms with Crippen molar-refractivity contribution in [1.82, 2.24) is 5.32 Å². The fourth-order valence-corrected chi connectivity index (χ4v) is 2.25. The Kier molecular flexibility index (Phi) is 6.57. The molecule has 1 unspecified atom stereocenters. The molecule has 0 aliphatic rings. The molecule has 2 rings (SSSR count). The molecule has 0 aromatic heterocycles. The van der Waals surface area contributed by atoms with Crippen LogP contribution in [0.3, 0.4) is 0 Å². The van der Waals surface area contributed by atoms with Gasteiger partial charge in [-0.05, 0) is 42.2 Å². The van der Waals surface area contributed by atoms with E-state index in [0.29, 0.717) is 23.8 Å². The highest BCUT2D eigenvalue weighted by atomic mass is 16.5. The van der Waals surface area contributed by atoms with Crippen LogP contribution in [0.4, 0.5) is 0 Å². The Labute approximate surface area is 147 Å². The van der Waals surface area contributed by atoms with Crippen molar-refractivity contribution in [1.29, 1.82) is 0 Å². The minimum atomic E-state index is -1.31. The normalized spacial score (nSPS) is 11.8. The first-order valence-electron chi connectivity index (χ1n) is 8.24. The van der Waals surface area contributed by atoms with Gasteiger partial charge >= 0.3 is 0 Å². The second-order valence-electron chi connectivity index (χ2n) is 6.26. The van der Waals surface area contributed by atoms with E-state index in [1.165, 1.54) is 0 Å². The Morgan fingerprint density at radius 2 is 1.68 bits per heavy atom. The van der Waals surface area contributed by atoms with Crippen LogP contribution in [-0.2, 0) is 11.2 Å². The number of carbonyl (C=O) groups excluding carboxylic acids is 2. The quantitative estimate of drug-likeness (QED) is 0.795. The van der Waals surface area contributed by atoms with Crippen LogP contribution in [0, 0.1) is 5.92 Å². The van der Waals surface area contributed by atoms with Crippen LogP contribution < -0.4 is 15.2 Å². The van der Waals surface area contributed by atoms with E-state index < -0.39 is 17.9 Å². The topological polar surface area (TPSA) is 78.5 Å². The first-order valence-corrected chi connectivity index (χ1v) is 8.24. The number of amides is 1. The number of benzene rings is 2. The first-order chi connectivity index (χ1) is 12.0. The fourth-order valence-electron chi connectivity index (χ4n) is 2.25. The Morgan fingerprint density at radius 3 is 2.24 bits per heavy atom. The van der Waals surface area contributed by atoms with Crippen LogP contribution in [-0.4, -0.2) is 24.5 Å². The molecule has 0 aliphatic heterocycles. The molecule has 0 saturated heterocycles. The van der Waals surface area contributed by atoms with Crippen LogP contribution in [0.15, 0.2) is 54.6 Å². The fraction of sp³-hybridized carbons (Fsp3) is 0.300. The van der Waals surface area contributed by atoms with E-state index in [1.807, 2.05) is 30.3 Å². The van der Waals surface area contributed by atoms with Gasteiger partial charge in [-0.2, -0.15) is 0 Å². The highest BCUT2D eigenvalue weighted by Crippen LogP contribution is 2.13. The van der Waals surface area contributed by atoms with Gasteiger partial charge in [-0.15, -0.1) is 0 Å². The van der Waals surface area contributed by atoms with E-state index in [2.05, 4.69) is 19.2 Å². The number of rotatable bonds is 8. The monoisotopic (exact) mass is 340 g/mol. The summed E-state index contributed by atoms with van der Waals surface area (Å²) in [6, 6.07) is 14.6. The molecule has 1 amide bonds. The molecule has 5 heteroatoms. The zero-order chi connectivity index (χ0) is 18.2.